The molecule has 1 unspecified atom stereocenters. The predicted molar refractivity (Wildman–Crippen MR) is 140 cm³/mol. The lowest BCUT2D eigenvalue weighted by Crippen LogP contribution is -2.24. The van der Waals surface area contributed by atoms with E-state index in [1.54, 1.807) is 0 Å². The Kier molecular flexibility index (Phi) is 7.46. The predicted octanol–water partition coefficient (Wildman–Crippen LogP) is 5.61. The molecular weight excluding hydrogens is 422 g/mol. The highest BCUT2D eigenvalue weighted by Crippen LogP contribution is 2.30. The molecule has 3 N–H and O–H groups in total. The van der Waals surface area contributed by atoms with E-state index in [2.05, 4.69) is 66.0 Å². The highest BCUT2D eigenvalue weighted by atomic mass is 16.1. The first-order chi connectivity index (χ1) is 16.5. The Hall–Kier alpha value is -3.41. The molecule has 1 amide bonds. The van der Waals surface area contributed by atoms with Crippen LogP contribution in [0.3, 0.4) is 0 Å². The van der Waals surface area contributed by atoms with Crippen molar-refractivity contribution in [3.63, 3.8) is 0 Å². The number of hydrogen-bond acceptors (Lipinski definition) is 4. The smallest absolute Gasteiger partial charge is 0.220 e. The summed E-state index contributed by atoms with van der Waals surface area (Å²) in [4.78, 5) is 21.6. The summed E-state index contributed by atoms with van der Waals surface area (Å²) in [6.45, 7) is 7.68. The van der Waals surface area contributed by atoms with E-state index in [1.807, 2.05) is 18.2 Å². The molecule has 0 fully saturated rings. The molecule has 0 saturated carbocycles. The van der Waals surface area contributed by atoms with Gasteiger partial charge in [-0.05, 0) is 29.5 Å². The number of hydrogen-bond donors (Lipinski definition) is 2. The molecule has 0 saturated heterocycles. The minimum absolute atomic E-state index is 0.113. The molecular formula is C28H35N5O. The maximum Gasteiger partial charge on any atom is 0.220 e. The van der Waals surface area contributed by atoms with Gasteiger partial charge in [0.1, 0.15) is 11.3 Å². The molecule has 2 heterocycles. The van der Waals surface area contributed by atoms with E-state index in [4.69, 9.17) is 10.7 Å². The molecule has 0 bridgehead atoms. The molecule has 6 heteroatoms. The highest BCUT2D eigenvalue weighted by molar-refractivity contribution is 6.06. The van der Waals surface area contributed by atoms with Gasteiger partial charge in [0.2, 0.25) is 5.91 Å². The van der Waals surface area contributed by atoms with Crippen molar-refractivity contribution in [3.8, 4) is 0 Å². The molecule has 2 aromatic carbocycles. The maximum atomic E-state index is 12.1. The second-order valence-corrected chi connectivity index (χ2v) is 9.24. The Morgan fingerprint density at radius 3 is 2.53 bits per heavy atom. The molecule has 0 radical (unpaired) electrons. The van der Waals surface area contributed by atoms with Crippen LogP contribution >= 0.6 is 0 Å². The van der Waals surface area contributed by atoms with Gasteiger partial charge >= 0.3 is 0 Å². The van der Waals surface area contributed by atoms with E-state index < -0.39 is 0 Å². The van der Waals surface area contributed by atoms with Crippen LogP contribution in [0.25, 0.3) is 21.9 Å². The van der Waals surface area contributed by atoms with Gasteiger partial charge in [0.25, 0.3) is 0 Å². The van der Waals surface area contributed by atoms with E-state index in [9.17, 15) is 4.79 Å². The fraction of sp³-hybridized carbons (Fsp3) is 0.393. The number of anilines is 1. The number of benzene rings is 2. The maximum absolute atomic E-state index is 12.1. The SMILES string of the molecule is CCCCc1nc2c(N)nc3ccccc3c2n1Cc1ccc(CNC(=O)CC(C)CC)cc1. The first-order valence-electron chi connectivity index (χ1n) is 12.4. The van der Waals surface area contributed by atoms with Crippen molar-refractivity contribution >= 4 is 33.7 Å². The van der Waals surface area contributed by atoms with Crippen molar-refractivity contribution in [1.82, 2.24) is 19.9 Å². The summed E-state index contributed by atoms with van der Waals surface area (Å²) in [6, 6.07) is 16.6. The van der Waals surface area contributed by atoms with E-state index in [1.165, 1.54) is 5.56 Å². The number of para-hydroxylation sites is 1. The van der Waals surface area contributed by atoms with Crippen LogP contribution in [0.15, 0.2) is 48.5 Å². The zero-order chi connectivity index (χ0) is 24.1. The molecule has 34 heavy (non-hydrogen) atoms. The van der Waals surface area contributed by atoms with Gasteiger partial charge < -0.3 is 15.6 Å². The van der Waals surface area contributed by atoms with E-state index in [-0.39, 0.29) is 5.91 Å². The van der Waals surface area contributed by atoms with Gasteiger partial charge in [0, 0.05) is 31.3 Å². The lowest BCUT2D eigenvalue weighted by atomic mass is 10.0. The largest absolute Gasteiger partial charge is 0.382 e. The molecule has 178 valence electrons. The van der Waals surface area contributed by atoms with Gasteiger partial charge in [-0.15, -0.1) is 0 Å². The van der Waals surface area contributed by atoms with Crippen molar-refractivity contribution in [2.24, 2.45) is 5.92 Å². The van der Waals surface area contributed by atoms with E-state index >= 15 is 0 Å². The molecule has 4 aromatic rings. The van der Waals surface area contributed by atoms with Crippen LogP contribution in [0.4, 0.5) is 5.82 Å². The number of unbranched alkanes of at least 4 members (excludes halogenated alkanes) is 1. The Morgan fingerprint density at radius 2 is 1.79 bits per heavy atom. The number of nitrogen functional groups attached to an aromatic ring is 1. The van der Waals surface area contributed by atoms with E-state index in [0.29, 0.717) is 31.2 Å². The molecule has 2 aromatic heterocycles. The number of aromatic nitrogens is 3. The average molecular weight is 458 g/mol. The molecule has 0 aliphatic heterocycles. The van der Waals surface area contributed by atoms with Gasteiger partial charge in [-0.3, -0.25) is 4.79 Å². The van der Waals surface area contributed by atoms with Crippen LogP contribution in [0.2, 0.25) is 0 Å². The van der Waals surface area contributed by atoms with Gasteiger partial charge in [-0.1, -0.05) is 76.1 Å². The Balaban J connectivity index is 1.60. The first kappa shape index (κ1) is 23.7. The average Bonchev–Trinajstić information content (AvgIpc) is 3.21. The number of carbonyl (C=O) groups excluding carboxylic acids is 1. The third-order valence-electron chi connectivity index (χ3n) is 6.53. The third-order valence-corrected chi connectivity index (χ3v) is 6.53. The number of nitrogens with two attached hydrogens (primary N) is 1. The number of fused-ring (bicyclic) bond motifs is 3. The Morgan fingerprint density at radius 1 is 1.06 bits per heavy atom. The van der Waals surface area contributed by atoms with E-state index in [0.717, 1.165) is 59.0 Å². The van der Waals surface area contributed by atoms with Gasteiger partial charge in [-0.2, -0.15) is 0 Å². The van der Waals surface area contributed by atoms with Crippen LogP contribution in [0.5, 0.6) is 0 Å². The lowest BCUT2D eigenvalue weighted by Gasteiger charge is -2.12. The number of amides is 1. The van der Waals surface area contributed by atoms with Gasteiger partial charge in [-0.25, -0.2) is 9.97 Å². The summed E-state index contributed by atoms with van der Waals surface area (Å²) in [7, 11) is 0. The Bertz CT molecular complexity index is 1280. The third kappa shape index (κ3) is 5.22. The second kappa shape index (κ2) is 10.7. The summed E-state index contributed by atoms with van der Waals surface area (Å²) >= 11 is 0. The number of pyridine rings is 1. The van der Waals surface area contributed by atoms with Crippen LogP contribution in [0, 0.1) is 5.92 Å². The zero-order valence-corrected chi connectivity index (χ0v) is 20.5. The van der Waals surface area contributed by atoms with Gasteiger partial charge in [0.15, 0.2) is 5.82 Å². The minimum Gasteiger partial charge on any atom is -0.382 e. The number of imidazole rings is 1. The lowest BCUT2D eigenvalue weighted by molar-refractivity contribution is -0.122. The normalized spacial score (nSPS) is 12.3. The number of aryl methyl sites for hydroxylation is 1. The Labute approximate surface area is 201 Å². The summed E-state index contributed by atoms with van der Waals surface area (Å²) in [5, 5.41) is 4.11. The number of rotatable bonds is 10. The molecule has 0 aliphatic rings. The standard InChI is InChI=1S/C28H35N5O/c1-4-6-11-24-32-26-27(22-9-7-8-10-23(22)31-28(26)29)33(24)18-21-14-12-20(13-15-21)17-30-25(34)16-19(3)5-2/h7-10,12-15,19H,4-6,11,16-18H2,1-3H3,(H2,29,31)(H,30,34). The summed E-state index contributed by atoms with van der Waals surface area (Å²) in [6.07, 6.45) is 4.68. The quantitative estimate of drug-likeness (QED) is 0.324. The van der Waals surface area contributed by atoms with Crippen LogP contribution in [0.1, 0.15) is 63.4 Å². The molecule has 4 rings (SSSR count). The summed E-state index contributed by atoms with van der Waals surface area (Å²) in [5.41, 5.74) is 11.3. The first-order valence-corrected chi connectivity index (χ1v) is 12.4. The number of carbonyl (C=O) groups is 1. The zero-order valence-electron chi connectivity index (χ0n) is 20.5. The number of nitrogens with zero attached hydrogens (tertiary/aromatic N) is 3. The minimum atomic E-state index is 0.113. The molecule has 0 spiro atoms. The number of nitrogens with one attached hydrogen (secondary N) is 1. The highest BCUT2D eigenvalue weighted by Gasteiger charge is 2.17. The fourth-order valence-electron chi connectivity index (χ4n) is 4.28. The second-order valence-electron chi connectivity index (χ2n) is 9.24. The van der Waals surface area contributed by atoms with Crippen molar-refractivity contribution in [1.29, 1.82) is 0 Å². The van der Waals surface area contributed by atoms with Crippen molar-refractivity contribution in [3.05, 3.63) is 65.5 Å². The van der Waals surface area contributed by atoms with Gasteiger partial charge in [0.05, 0.1) is 11.0 Å². The van der Waals surface area contributed by atoms with Crippen LogP contribution in [-0.4, -0.2) is 20.4 Å². The van der Waals surface area contributed by atoms with Crippen molar-refractivity contribution in [2.75, 3.05) is 5.73 Å². The molecule has 6 nitrogen and oxygen atoms in total. The summed E-state index contributed by atoms with van der Waals surface area (Å²) < 4.78 is 2.30. The fourth-order valence-corrected chi connectivity index (χ4v) is 4.28. The van der Waals surface area contributed by atoms with Crippen molar-refractivity contribution < 1.29 is 4.79 Å². The molecule has 1 atom stereocenters. The topological polar surface area (TPSA) is 85.8 Å². The monoisotopic (exact) mass is 457 g/mol. The van der Waals surface area contributed by atoms with Crippen LogP contribution < -0.4 is 11.1 Å². The molecule has 0 aliphatic carbocycles. The van der Waals surface area contributed by atoms with Crippen LogP contribution in [-0.2, 0) is 24.3 Å². The summed E-state index contributed by atoms with van der Waals surface area (Å²) in [5.74, 6) is 2.05. The van der Waals surface area contributed by atoms with Crippen molar-refractivity contribution in [2.45, 2.75) is 66.0 Å².